The molecule has 8 rings (SSSR count). The molecule has 0 bridgehead atoms. The van der Waals surface area contributed by atoms with Crippen LogP contribution in [0.15, 0.2) is 139 Å². The first-order chi connectivity index (χ1) is 22.2. The fourth-order valence-electron chi connectivity index (χ4n) is 5.34. The van der Waals surface area contributed by atoms with Crippen LogP contribution in [0.5, 0.6) is 0 Å². The fourth-order valence-corrected chi connectivity index (χ4v) is 6.47. The minimum Gasteiger partial charge on any atom is -0.309 e. The van der Waals surface area contributed by atoms with E-state index < -0.39 is 24.2 Å². The summed E-state index contributed by atoms with van der Waals surface area (Å²) in [5, 5.41) is 2.64. The molecule has 178 valence electrons. The molecular weight excluding hydrogens is 478 g/mol. The van der Waals surface area contributed by atoms with E-state index in [4.69, 9.17) is 11.0 Å². The predicted molar refractivity (Wildman–Crippen MR) is 165 cm³/mol. The molecule has 2 aromatic heterocycles. The monoisotopic (exact) mass is 509 g/mol. The molecule has 6 aromatic carbocycles. The van der Waals surface area contributed by atoms with E-state index in [1.807, 2.05) is 24.3 Å². The molecule has 0 aliphatic heterocycles. The highest BCUT2D eigenvalue weighted by molar-refractivity contribution is 7.25. The molecule has 0 radical (unpaired) electrons. The predicted octanol–water partition coefficient (Wildman–Crippen LogP) is 10.5. The molecule has 0 amide bonds. The first kappa shape index (κ1) is 14.9. The lowest BCUT2D eigenvalue weighted by atomic mass is 9.97. The second kappa shape index (κ2) is 8.44. The van der Waals surface area contributed by atoms with Crippen molar-refractivity contribution in [1.29, 1.82) is 0 Å². The van der Waals surface area contributed by atoms with Gasteiger partial charge in [0, 0.05) is 36.6 Å². The molecule has 2 heteroatoms. The molecule has 0 saturated carbocycles. The zero-order valence-electron chi connectivity index (χ0n) is 28.0. The van der Waals surface area contributed by atoms with Gasteiger partial charge in [0.2, 0.25) is 0 Å². The minimum absolute atomic E-state index is 0.0705. The highest BCUT2D eigenvalue weighted by Gasteiger charge is 2.13. The maximum atomic E-state index is 8.72. The van der Waals surface area contributed by atoms with E-state index in [-0.39, 0.29) is 46.0 Å². The van der Waals surface area contributed by atoms with Crippen molar-refractivity contribution in [3.05, 3.63) is 139 Å². The van der Waals surface area contributed by atoms with Gasteiger partial charge in [0.25, 0.3) is 0 Å². The number of thiophene rings is 1. The average molecular weight is 510 g/mol. The van der Waals surface area contributed by atoms with Crippen molar-refractivity contribution >= 4 is 53.3 Å². The number of rotatable bonds is 3. The Morgan fingerprint density at radius 1 is 0.500 bits per heavy atom. The Labute approximate surface area is 236 Å². The molecular formula is C36H23NS. The number of benzene rings is 6. The standard InChI is InChI=1S/C36H23NS/c1-4-12-32-29(8-1)30-9-2-5-13-33(30)37(32)27-22-20-25(21-23-27)24-16-18-26(19-17-24)28-11-7-15-35-36(28)31-10-3-6-14-34(31)38-35/h1-23H/i1D,2D,4D,5D,8D,9D,12D,13D. The Morgan fingerprint density at radius 2 is 1.08 bits per heavy atom. The van der Waals surface area contributed by atoms with E-state index in [0.717, 1.165) is 16.7 Å². The molecule has 2 heterocycles. The van der Waals surface area contributed by atoms with E-state index in [9.17, 15) is 0 Å². The summed E-state index contributed by atoms with van der Waals surface area (Å²) in [6.07, 6.45) is 0. The molecule has 0 saturated heterocycles. The maximum Gasteiger partial charge on any atom is 0.0645 e. The van der Waals surface area contributed by atoms with Crippen molar-refractivity contribution in [3.8, 4) is 27.9 Å². The third-order valence-corrected chi connectivity index (χ3v) is 8.23. The number of aromatic nitrogens is 1. The van der Waals surface area contributed by atoms with E-state index in [0.29, 0.717) is 5.69 Å². The van der Waals surface area contributed by atoms with Crippen LogP contribution in [0.1, 0.15) is 11.0 Å². The SMILES string of the molecule is [2H]c1c([2H])c([2H])c2c(c1[2H])c1c([2H])c([2H])c([2H])c([2H])c1n2-c1ccc(-c2ccc(-c3cccc4sc5ccccc5c34)cc2)cc1. The number of fused-ring (bicyclic) bond motifs is 6. The van der Waals surface area contributed by atoms with Gasteiger partial charge in [0.05, 0.1) is 22.0 Å². The highest BCUT2D eigenvalue weighted by atomic mass is 32.1. The zero-order valence-corrected chi connectivity index (χ0v) is 20.8. The molecule has 0 unspecified atom stereocenters. The van der Waals surface area contributed by atoms with Gasteiger partial charge in [-0.1, -0.05) is 103 Å². The largest absolute Gasteiger partial charge is 0.309 e. The molecule has 0 aliphatic carbocycles. The van der Waals surface area contributed by atoms with Crippen molar-refractivity contribution in [2.75, 3.05) is 0 Å². The maximum absolute atomic E-state index is 8.72. The van der Waals surface area contributed by atoms with Gasteiger partial charge in [-0.05, 0) is 58.6 Å². The number of hydrogen-bond donors (Lipinski definition) is 0. The van der Waals surface area contributed by atoms with Crippen LogP contribution in [0.4, 0.5) is 0 Å². The topological polar surface area (TPSA) is 4.93 Å². The van der Waals surface area contributed by atoms with Crippen LogP contribution in [-0.4, -0.2) is 4.57 Å². The van der Waals surface area contributed by atoms with Gasteiger partial charge in [-0.15, -0.1) is 11.3 Å². The van der Waals surface area contributed by atoms with Crippen LogP contribution in [0.2, 0.25) is 0 Å². The van der Waals surface area contributed by atoms with E-state index in [1.165, 1.54) is 30.3 Å². The minimum atomic E-state index is -0.453. The molecule has 0 aliphatic rings. The summed E-state index contributed by atoms with van der Waals surface area (Å²) in [5.74, 6) is 0. The lowest BCUT2D eigenvalue weighted by Gasteiger charge is -2.10. The molecule has 0 N–H and O–H groups in total. The van der Waals surface area contributed by atoms with Gasteiger partial charge < -0.3 is 4.57 Å². The van der Waals surface area contributed by atoms with Gasteiger partial charge in [-0.25, -0.2) is 0 Å². The Balaban J connectivity index is 1.26. The van der Waals surface area contributed by atoms with Crippen LogP contribution < -0.4 is 0 Å². The summed E-state index contributed by atoms with van der Waals surface area (Å²) in [6.45, 7) is 0. The Bertz CT molecular complexity index is 2470. The smallest absolute Gasteiger partial charge is 0.0645 e. The van der Waals surface area contributed by atoms with Crippen LogP contribution in [0.3, 0.4) is 0 Å². The normalized spacial score (nSPS) is 14.6. The molecule has 8 aromatic rings. The summed E-state index contributed by atoms with van der Waals surface area (Å²) in [4.78, 5) is 0. The summed E-state index contributed by atoms with van der Waals surface area (Å²) in [5.41, 5.74) is 4.95. The summed E-state index contributed by atoms with van der Waals surface area (Å²) < 4.78 is 71.8. The number of nitrogens with zero attached hydrogens (tertiary/aromatic N) is 1. The third-order valence-electron chi connectivity index (χ3n) is 7.09. The van der Waals surface area contributed by atoms with Crippen molar-refractivity contribution < 1.29 is 11.0 Å². The third kappa shape index (κ3) is 3.24. The van der Waals surface area contributed by atoms with Gasteiger partial charge in [0.15, 0.2) is 0 Å². The summed E-state index contributed by atoms with van der Waals surface area (Å²) in [7, 11) is 0. The quantitative estimate of drug-likeness (QED) is 0.223. The first-order valence-corrected chi connectivity index (χ1v) is 13.1. The second-order valence-corrected chi connectivity index (χ2v) is 10.3. The molecule has 0 atom stereocenters. The first-order valence-electron chi connectivity index (χ1n) is 16.3. The van der Waals surface area contributed by atoms with Crippen LogP contribution in [0.25, 0.3) is 69.9 Å². The Hall–Kier alpha value is -4.66. The highest BCUT2D eigenvalue weighted by Crippen LogP contribution is 2.40. The summed E-state index contributed by atoms with van der Waals surface area (Å²) >= 11 is 1.79. The van der Waals surface area contributed by atoms with Crippen molar-refractivity contribution in [1.82, 2.24) is 4.57 Å². The molecule has 1 nitrogen and oxygen atoms in total. The van der Waals surface area contributed by atoms with Crippen LogP contribution in [-0.2, 0) is 0 Å². The van der Waals surface area contributed by atoms with Gasteiger partial charge in [-0.2, -0.15) is 0 Å². The van der Waals surface area contributed by atoms with E-state index in [1.54, 1.807) is 11.3 Å². The Morgan fingerprint density at radius 3 is 1.79 bits per heavy atom. The lowest BCUT2D eigenvalue weighted by molar-refractivity contribution is 1.18. The van der Waals surface area contributed by atoms with Crippen LogP contribution >= 0.6 is 11.3 Å². The van der Waals surface area contributed by atoms with Crippen molar-refractivity contribution in [3.63, 3.8) is 0 Å². The van der Waals surface area contributed by atoms with Crippen molar-refractivity contribution in [2.45, 2.75) is 0 Å². The molecule has 0 fully saturated rings. The molecule has 0 spiro atoms. The summed E-state index contributed by atoms with van der Waals surface area (Å²) in [6, 6.07) is 27.6. The Kier molecular flexibility index (Phi) is 3.32. The second-order valence-electron chi connectivity index (χ2n) is 9.18. The molecule has 38 heavy (non-hydrogen) atoms. The van der Waals surface area contributed by atoms with Gasteiger partial charge in [0.1, 0.15) is 0 Å². The number of hydrogen-bond acceptors (Lipinski definition) is 1. The average Bonchev–Trinajstić information content (AvgIpc) is 3.65. The van der Waals surface area contributed by atoms with Gasteiger partial charge >= 0.3 is 0 Å². The fraction of sp³-hybridized carbons (Fsp3) is 0. The van der Waals surface area contributed by atoms with Crippen molar-refractivity contribution in [2.24, 2.45) is 0 Å². The van der Waals surface area contributed by atoms with Crippen LogP contribution in [0, 0.1) is 0 Å². The lowest BCUT2D eigenvalue weighted by Crippen LogP contribution is -1.93. The van der Waals surface area contributed by atoms with E-state index in [2.05, 4.69) is 66.7 Å². The zero-order chi connectivity index (χ0) is 32.0. The van der Waals surface area contributed by atoms with Gasteiger partial charge in [-0.3, -0.25) is 0 Å². The van der Waals surface area contributed by atoms with E-state index >= 15 is 0 Å². The number of para-hydroxylation sites is 2.